The average Bonchev–Trinajstić information content (AvgIpc) is 2.46. The molecule has 0 aliphatic rings. The number of nitrogens with one attached hydrogen (secondary N) is 1. The second-order valence-corrected chi connectivity index (χ2v) is 4.81. The van der Waals surface area contributed by atoms with Gasteiger partial charge in [0.1, 0.15) is 0 Å². The summed E-state index contributed by atoms with van der Waals surface area (Å²) in [4.78, 5) is 11.0. The molecule has 0 aliphatic carbocycles. The van der Waals surface area contributed by atoms with Crippen LogP contribution in [0.5, 0.6) is 0 Å². The number of rotatable bonds is 5. The molecule has 0 aromatic heterocycles. The number of benzene rings is 2. The molecule has 0 aliphatic heterocycles. The smallest absolute Gasteiger partial charge is 0.337 e. The molecule has 0 saturated carbocycles. The number of halogens is 3. The number of alkyl halides is 2. The lowest BCUT2D eigenvalue weighted by Gasteiger charge is -2.09. The largest absolute Gasteiger partial charge is 0.478 e. The van der Waals surface area contributed by atoms with Crippen LogP contribution in [0.4, 0.5) is 14.5 Å². The van der Waals surface area contributed by atoms with Crippen LogP contribution in [-0.2, 0) is 6.54 Å². The lowest BCUT2D eigenvalue weighted by Crippen LogP contribution is -2.03. The van der Waals surface area contributed by atoms with Gasteiger partial charge in [-0.25, -0.2) is 13.6 Å². The molecule has 0 fully saturated rings. The first kappa shape index (κ1) is 15.3. The molecule has 2 N–H and O–H groups in total. The van der Waals surface area contributed by atoms with Crippen molar-refractivity contribution in [3.63, 3.8) is 0 Å². The Bertz CT molecular complexity index is 662. The maximum Gasteiger partial charge on any atom is 0.337 e. The van der Waals surface area contributed by atoms with Crippen molar-refractivity contribution in [3.8, 4) is 0 Å². The molecule has 3 nitrogen and oxygen atoms in total. The van der Waals surface area contributed by atoms with E-state index < -0.39 is 12.4 Å². The molecule has 2 aromatic rings. The molecule has 0 amide bonds. The molecular weight excluding hydrogens is 300 g/mol. The van der Waals surface area contributed by atoms with Crippen LogP contribution in [0.3, 0.4) is 0 Å². The van der Waals surface area contributed by atoms with Crippen LogP contribution >= 0.6 is 11.6 Å². The zero-order chi connectivity index (χ0) is 15.4. The van der Waals surface area contributed by atoms with Crippen molar-refractivity contribution in [3.05, 3.63) is 64.2 Å². The third-order valence-electron chi connectivity index (χ3n) is 2.90. The minimum absolute atomic E-state index is 0.0111. The Morgan fingerprint density at radius 2 is 2.00 bits per heavy atom. The van der Waals surface area contributed by atoms with E-state index >= 15 is 0 Å². The maximum absolute atomic E-state index is 12.6. The van der Waals surface area contributed by atoms with Crippen molar-refractivity contribution in [2.24, 2.45) is 0 Å². The van der Waals surface area contributed by atoms with Crippen LogP contribution in [0.1, 0.15) is 27.9 Å². The number of aromatic carboxylic acids is 1. The Morgan fingerprint density at radius 1 is 1.24 bits per heavy atom. The summed E-state index contributed by atoms with van der Waals surface area (Å²) in [6.07, 6.45) is -2.51. The summed E-state index contributed by atoms with van der Waals surface area (Å²) in [5.74, 6) is -1.12. The summed E-state index contributed by atoms with van der Waals surface area (Å²) < 4.78 is 25.2. The Hall–Kier alpha value is -2.14. The van der Waals surface area contributed by atoms with Crippen molar-refractivity contribution in [1.82, 2.24) is 0 Å². The van der Waals surface area contributed by atoms with E-state index in [1.807, 2.05) is 0 Å². The van der Waals surface area contributed by atoms with Crippen molar-refractivity contribution in [1.29, 1.82) is 0 Å². The molecule has 110 valence electrons. The van der Waals surface area contributed by atoms with Crippen molar-refractivity contribution in [2.45, 2.75) is 13.0 Å². The predicted molar refractivity (Wildman–Crippen MR) is 77.1 cm³/mol. The Kier molecular flexibility index (Phi) is 4.75. The Morgan fingerprint density at radius 3 is 2.67 bits per heavy atom. The highest BCUT2D eigenvalue weighted by molar-refractivity contribution is 6.33. The van der Waals surface area contributed by atoms with E-state index in [0.29, 0.717) is 17.8 Å². The van der Waals surface area contributed by atoms with Crippen LogP contribution in [0.25, 0.3) is 0 Å². The number of carbonyl (C=O) groups is 1. The van der Waals surface area contributed by atoms with Crippen LogP contribution in [0, 0.1) is 0 Å². The van der Waals surface area contributed by atoms with E-state index in [-0.39, 0.29) is 16.1 Å². The van der Waals surface area contributed by atoms with Gasteiger partial charge in [0.05, 0.1) is 10.6 Å². The minimum atomic E-state index is -2.51. The molecule has 0 radical (unpaired) electrons. The predicted octanol–water partition coefficient (Wildman–Crippen LogP) is 4.59. The molecule has 2 aromatic carbocycles. The van der Waals surface area contributed by atoms with Crippen molar-refractivity contribution >= 4 is 23.3 Å². The highest BCUT2D eigenvalue weighted by Crippen LogP contribution is 2.22. The summed E-state index contributed by atoms with van der Waals surface area (Å²) in [6.45, 7) is 0.307. The van der Waals surface area contributed by atoms with Crippen molar-refractivity contribution < 1.29 is 18.7 Å². The molecular formula is C15H12ClF2NO2. The molecule has 21 heavy (non-hydrogen) atoms. The fraction of sp³-hybridized carbons (Fsp3) is 0.133. The van der Waals surface area contributed by atoms with E-state index in [2.05, 4.69) is 5.32 Å². The number of carboxylic acid groups (broad SMARTS) is 1. The zero-order valence-electron chi connectivity index (χ0n) is 10.8. The highest BCUT2D eigenvalue weighted by Gasteiger charge is 2.10. The number of anilines is 1. The lowest BCUT2D eigenvalue weighted by atomic mass is 10.1. The standard InChI is InChI=1S/C15H12ClF2NO2/c16-13-5-4-11(7-12(13)15(20)21)19-8-9-2-1-3-10(6-9)14(17)18/h1-7,14,19H,8H2,(H,20,21). The monoisotopic (exact) mass is 311 g/mol. The second-order valence-electron chi connectivity index (χ2n) is 4.40. The number of hydrogen-bond donors (Lipinski definition) is 2. The third-order valence-corrected chi connectivity index (χ3v) is 3.23. The SMILES string of the molecule is O=C(O)c1cc(NCc2cccc(C(F)F)c2)ccc1Cl. The summed E-state index contributed by atoms with van der Waals surface area (Å²) in [7, 11) is 0. The van der Waals surface area contributed by atoms with E-state index in [1.165, 1.54) is 24.3 Å². The van der Waals surface area contributed by atoms with Gasteiger partial charge in [0.25, 0.3) is 6.43 Å². The second kappa shape index (κ2) is 6.54. The molecule has 0 saturated heterocycles. The molecule has 0 atom stereocenters. The van der Waals surface area contributed by atoms with Crippen LogP contribution < -0.4 is 5.32 Å². The fourth-order valence-corrected chi connectivity index (χ4v) is 2.04. The van der Waals surface area contributed by atoms with Crippen molar-refractivity contribution in [2.75, 3.05) is 5.32 Å². The summed E-state index contributed by atoms with van der Waals surface area (Å²) in [5.41, 5.74) is 1.18. The van der Waals surface area contributed by atoms with Crippen LogP contribution in [0.15, 0.2) is 42.5 Å². The first-order valence-electron chi connectivity index (χ1n) is 6.11. The minimum Gasteiger partial charge on any atom is -0.478 e. The summed E-state index contributed by atoms with van der Waals surface area (Å²) in [5, 5.41) is 12.1. The molecule has 0 unspecified atom stereocenters. The van der Waals surface area contributed by atoms with Crippen LogP contribution in [-0.4, -0.2) is 11.1 Å². The normalized spacial score (nSPS) is 10.7. The topological polar surface area (TPSA) is 49.3 Å². The van der Waals surface area contributed by atoms with Gasteiger partial charge >= 0.3 is 5.97 Å². The molecule has 6 heteroatoms. The van der Waals surface area contributed by atoms with E-state index in [4.69, 9.17) is 16.7 Å². The van der Waals surface area contributed by atoms with Gasteiger partial charge in [0.2, 0.25) is 0 Å². The third kappa shape index (κ3) is 3.92. The molecule has 0 spiro atoms. The molecule has 0 bridgehead atoms. The lowest BCUT2D eigenvalue weighted by molar-refractivity contribution is 0.0697. The van der Waals surface area contributed by atoms with Crippen LogP contribution in [0.2, 0.25) is 5.02 Å². The van der Waals surface area contributed by atoms with Gasteiger partial charge in [-0.15, -0.1) is 0 Å². The van der Waals surface area contributed by atoms with Gasteiger partial charge < -0.3 is 10.4 Å². The molecule has 2 rings (SSSR count). The number of carboxylic acids is 1. The van der Waals surface area contributed by atoms with Gasteiger partial charge in [-0.05, 0) is 29.8 Å². The maximum atomic E-state index is 12.6. The first-order valence-corrected chi connectivity index (χ1v) is 6.49. The first-order chi connectivity index (χ1) is 9.97. The fourth-order valence-electron chi connectivity index (χ4n) is 1.84. The quantitative estimate of drug-likeness (QED) is 0.849. The van der Waals surface area contributed by atoms with E-state index in [0.717, 1.165) is 0 Å². The molecule has 0 heterocycles. The Labute approximate surface area is 125 Å². The summed E-state index contributed by atoms with van der Waals surface area (Å²) >= 11 is 5.77. The van der Waals surface area contributed by atoms with Gasteiger partial charge in [0, 0.05) is 17.8 Å². The van der Waals surface area contributed by atoms with E-state index in [9.17, 15) is 13.6 Å². The van der Waals surface area contributed by atoms with Gasteiger partial charge in [-0.2, -0.15) is 0 Å². The number of hydrogen-bond acceptors (Lipinski definition) is 2. The Balaban J connectivity index is 2.11. The van der Waals surface area contributed by atoms with Gasteiger partial charge in [0.15, 0.2) is 0 Å². The average molecular weight is 312 g/mol. The van der Waals surface area contributed by atoms with E-state index in [1.54, 1.807) is 18.2 Å². The highest BCUT2D eigenvalue weighted by atomic mass is 35.5. The zero-order valence-corrected chi connectivity index (χ0v) is 11.6. The van der Waals surface area contributed by atoms with Gasteiger partial charge in [-0.3, -0.25) is 0 Å². The summed E-state index contributed by atoms with van der Waals surface area (Å²) in [6, 6.07) is 10.6. The van der Waals surface area contributed by atoms with Gasteiger partial charge in [-0.1, -0.05) is 29.8 Å².